The molecule has 0 spiro atoms. The molecule has 0 aromatic carbocycles. The number of aliphatic hydroxyl groups is 1. The average molecular weight is 273 g/mol. The number of aliphatic hydroxyl groups excluding tert-OH is 1. The Labute approximate surface area is 115 Å². The van der Waals surface area contributed by atoms with Gasteiger partial charge in [-0.25, -0.2) is 4.79 Å². The molecule has 1 fully saturated rings. The molecular formula is C13H27N3O3. The lowest BCUT2D eigenvalue weighted by Gasteiger charge is -2.35. The van der Waals surface area contributed by atoms with Crippen molar-refractivity contribution in [2.24, 2.45) is 5.73 Å². The smallest absolute Gasteiger partial charge is 0.410 e. The van der Waals surface area contributed by atoms with Gasteiger partial charge in [-0.15, -0.1) is 0 Å². The Bertz CT molecular complexity index is 283. The van der Waals surface area contributed by atoms with Gasteiger partial charge in [0.25, 0.3) is 0 Å². The van der Waals surface area contributed by atoms with E-state index in [0.717, 1.165) is 26.1 Å². The summed E-state index contributed by atoms with van der Waals surface area (Å²) >= 11 is 0. The van der Waals surface area contributed by atoms with E-state index in [1.807, 2.05) is 20.8 Å². The summed E-state index contributed by atoms with van der Waals surface area (Å²) in [5.74, 6) is 0. The summed E-state index contributed by atoms with van der Waals surface area (Å²) in [4.78, 5) is 15.9. The molecule has 1 aliphatic rings. The molecular weight excluding hydrogens is 246 g/mol. The highest BCUT2D eigenvalue weighted by molar-refractivity contribution is 5.68. The van der Waals surface area contributed by atoms with E-state index in [0.29, 0.717) is 13.1 Å². The van der Waals surface area contributed by atoms with Crippen LogP contribution in [0.4, 0.5) is 4.79 Å². The molecule has 1 heterocycles. The zero-order valence-electron chi connectivity index (χ0n) is 12.3. The molecule has 0 bridgehead atoms. The number of carbonyl (C=O) groups excluding carboxylic acids is 1. The van der Waals surface area contributed by atoms with Crippen LogP contribution in [0.5, 0.6) is 0 Å². The average Bonchev–Trinajstić information content (AvgIpc) is 2.34. The van der Waals surface area contributed by atoms with E-state index in [9.17, 15) is 4.79 Å². The van der Waals surface area contributed by atoms with E-state index in [2.05, 4.69) is 4.90 Å². The van der Waals surface area contributed by atoms with Crippen molar-refractivity contribution in [2.75, 3.05) is 39.3 Å². The molecule has 1 saturated heterocycles. The summed E-state index contributed by atoms with van der Waals surface area (Å²) in [5, 5.41) is 8.87. The summed E-state index contributed by atoms with van der Waals surface area (Å²) in [5.41, 5.74) is 5.23. The first-order valence-electron chi connectivity index (χ1n) is 6.88. The van der Waals surface area contributed by atoms with Crippen molar-refractivity contribution in [3.8, 4) is 0 Å². The number of ether oxygens (including phenoxy) is 1. The van der Waals surface area contributed by atoms with Crippen molar-refractivity contribution in [3.05, 3.63) is 0 Å². The second-order valence-electron chi connectivity index (χ2n) is 6.04. The van der Waals surface area contributed by atoms with Crippen LogP contribution in [0.15, 0.2) is 0 Å². The summed E-state index contributed by atoms with van der Waals surface area (Å²) in [6.07, 6.45) is 0.544. The Kier molecular flexibility index (Phi) is 6.03. The quantitative estimate of drug-likeness (QED) is 0.767. The minimum absolute atomic E-state index is 0.0257. The summed E-state index contributed by atoms with van der Waals surface area (Å²) in [6, 6.07) is -0.149. The highest BCUT2D eigenvalue weighted by Crippen LogP contribution is 2.12. The Morgan fingerprint density at radius 2 is 1.89 bits per heavy atom. The molecule has 6 nitrogen and oxygen atoms in total. The fourth-order valence-electron chi connectivity index (χ4n) is 1.92. The summed E-state index contributed by atoms with van der Waals surface area (Å²) < 4.78 is 5.34. The van der Waals surface area contributed by atoms with Crippen LogP contribution in [0.3, 0.4) is 0 Å². The fourth-order valence-corrected chi connectivity index (χ4v) is 1.92. The number of nitrogens with two attached hydrogens (primary N) is 1. The molecule has 0 radical (unpaired) electrons. The van der Waals surface area contributed by atoms with Gasteiger partial charge in [-0.2, -0.15) is 0 Å². The first kappa shape index (κ1) is 16.2. The highest BCUT2D eigenvalue weighted by Gasteiger charge is 2.25. The first-order valence-corrected chi connectivity index (χ1v) is 6.88. The second-order valence-corrected chi connectivity index (χ2v) is 6.04. The molecule has 6 heteroatoms. The monoisotopic (exact) mass is 273 g/mol. The van der Waals surface area contributed by atoms with Gasteiger partial charge < -0.3 is 20.5 Å². The standard InChI is InChI=1S/C13H27N3O3/c1-13(2,3)19-12(18)16-8-6-15(7-9-16)5-4-11(14)10-17/h11,17H,4-10,14H2,1-3H3/t11-/m0/s1. The lowest BCUT2D eigenvalue weighted by atomic mass is 10.2. The van der Waals surface area contributed by atoms with Crippen LogP contribution in [0, 0.1) is 0 Å². The van der Waals surface area contributed by atoms with Gasteiger partial charge in [-0.1, -0.05) is 0 Å². The molecule has 19 heavy (non-hydrogen) atoms. The van der Waals surface area contributed by atoms with Crippen LogP contribution in [0.1, 0.15) is 27.2 Å². The van der Waals surface area contributed by atoms with E-state index in [4.69, 9.17) is 15.6 Å². The van der Waals surface area contributed by atoms with Crippen molar-refractivity contribution in [2.45, 2.75) is 38.8 Å². The first-order chi connectivity index (χ1) is 8.81. The number of hydrogen-bond acceptors (Lipinski definition) is 5. The predicted octanol–water partition coefficient (Wildman–Crippen LogP) is 0.249. The van der Waals surface area contributed by atoms with Gasteiger partial charge in [0.15, 0.2) is 0 Å². The fraction of sp³-hybridized carbons (Fsp3) is 0.923. The Balaban J connectivity index is 2.27. The number of rotatable bonds is 4. The van der Waals surface area contributed by atoms with Gasteiger partial charge in [0.1, 0.15) is 5.60 Å². The van der Waals surface area contributed by atoms with Gasteiger partial charge in [0.2, 0.25) is 0 Å². The van der Waals surface area contributed by atoms with Crippen LogP contribution in [-0.2, 0) is 4.74 Å². The van der Waals surface area contributed by atoms with Crippen molar-refractivity contribution >= 4 is 6.09 Å². The minimum atomic E-state index is -0.442. The summed E-state index contributed by atoms with van der Waals surface area (Å²) in [6.45, 7) is 9.54. The number of amides is 1. The number of carbonyl (C=O) groups is 1. The molecule has 1 aliphatic heterocycles. The molecule has 1 atom stereocenters. The maximum Gasteiger partial charge on any atom is 0.410 e. The van der Waals surface area contributed by atoms with Crippen LogP contribution in [-0.4, -0.2) is 72.0 Å². The van der Waals surface area contributed by atoms with Crippen molar-refractivity contribution < 1.29 is 14.6 Å². The molecule has 112 valence electrons. The van der Waals surface area contributed by atoms with Crippen LogP contribution >= 0.6 is 0 Å². The second kappa shape index (κ2) is 7.07. The molecule has 0 aromatic rings. The Hall–Kier alpha value is -0.850. The molecule has 0 aromatic heterocycles. The number of hydrogen-bond donors (Lipinski definition) is 2. The Morgan fingerprint density at radius 3 is 2.37 bits per heavy atom. The molecule has 1 amide bonds. The van der Waals surface area contributed by atoms with Gasteiger partial charge in [0.05, 0.1) is 6.61 Å². The number of piperazine rings is 1. The molecule has 0 saturated carbocycles. The van der Waals surface area contributed by atoms with Gasteiger partial charge in [-0.05, 0) is 33.7 Å². The van der Waals surface area contributed by atoms with Crippen LogP contribution < -0.4 is 5.73 Å². The lowest BCUT2D eigenvalue weighted by molar-refractivity contribution is 0.0142. The maximum atomic E-state index is 11.9. The van der Waals surface area contributed by atoms with Gasteiger partial charge in [-0.3, -0.25) is 4.90 Å². The third kappa shape index (κ3) is 6.22. The van der Waals surface area contributed by atoms with Crippen LogP contribution in [0.25, 0.3) is 0 Å². The largest absolute Gasteiger partial charge is 0.444 e. The topological polar surface area (TPSA) is 79.0 Å². The molecule has 0 aliphatic carbocycles. The maximum absolute atomic E-state index is 11.9. The summed E-state index contributed by atoms with van der Waals surface area (Å²) in [7, 11) is 0. The normalized spacial score (nSPS) is 19.3. The molecule has 1 rings (SSSR count). The van der Waals surface area contributed by atoms with E-state index in [1.54, 1.807) is 4.90 Å². The van der Waals surface area contributed by atoms with Gasteiger partial charge in [0, 0.05) is 32.2 Å². The van der Waals surface area contributed by atoms with Crippen molar-refractivity contribution in [3.63, 3.8) is 0 Å². The third-order valence-corrected chi connectivity index (χ3v) is 3.07. The van der Waals surface area contributed by atoms with Crippen LogP contribution in [0.2, 0.25) is 0 Å². The molecule has 0 unspecified atom stereocenters. The van der Waals surface area contributed by atoms with Crippen molar-refractivity contribution in [1.29, 1.82) is 0 Å². The van der Waals surface area contributed by atoms with E-state index < -0.39 is 5.60 Å². The van der Waals surface area contributed by atoms with Gasteiger partial charge >= 0.3 is 6.09 Å². The third-order valence-electron chi connectivity index (χ3n) is 3.07. The minimum Gasteiger partial charge on any atom is -0.444 e. The predicted molar refractivity (Wildman–Crippen MR) is 73.9 cm³/mol. The Morgan fingerprint density at radius 1 is 1.32 bits per heavy atom. The lowest BCUT2D eigenvalue weighted by Crippen LogP contribution is -2.50. The van der Waals surface area contributed by atoms with Crippen molar-refractivity contribution in [1.82, 2.24) is 9.80 Å². The van der Waals surface area contributed by atoms with E-state index in [-0.39, 0.29) is 18.7 Å². The van der Waals surface area contributed by atoms with E-state index >= 15 is 0 Å². The number of nitrogens with zero attached hydrogens (tertiary/aromatic N) is 2. The SMILES string of the molecule is CC(C)(C)OC(=O)N1CCN(CC[C@H](N)CO)CC1. The zero-order valence-corrected chi connectivity index (χ0v) is 12.3. The molecule has 3 N–H and O–H groups in total. The zero-order chi connectivity index (χ0) is 14.5. The highest BCUT2D eigenvalue weighted by atomic mass is 16.6. The van der Waals surface area contributed by atoms with E-state index in [1.165, 1.54) is 0 Å².